The molecule has 0 aliphatic rings. The molecule has 0 spiro atoms. The van der Waals surface area contributed by atoms with Gasteiger partial charge < -0.3 is 4.74 Å². The summed E-state index contributed by atoms with van der Waals surface area (Å²) in [5.74, 6) is 0.842. The number of methoxy groups -OCH3 is 1. The minimum atomic E-state index is 0.842. The second kappa shape index (κ2) is 7.47. The fourth-order valence-corrected chi connectivity index (χ4v) is 2.44. The number of benzene rings is 3. The molecule has 0 unspecified atom stereocenters. The zero-order valence-corrected chi connectivity index (χ0v) is 13.9. The lowest BCUT2D eigenvalue weighted by Gasteiger charge is -2.20. The van der Waals surface area contributed by atoms with Crippen molar-refractivity contribution >= 4 is 17.1 Å². The summed E-state index contributed by atoms with van der Waals surface area (Å²) in [7, 11) is 1.67. The van der Waals surface area contributed by atoms with Crippen molar-refractivity contribution in [3.63, 3.8) is 0 Å². The first-order valence-corrected chi connectivity index (χ1v) is 7.88. The van der Waals surface area contributed by atoms with Crippen LogP contribution in [0.1, 0.15) is 12.5 Å². The van der Waals surface area contributed by atoms with Crippen molar-refractivity contribution in [2.24, 2.45) is 5.10 Å². The predicted octanol–water partition coefficient (Wildman–Crippen LogP) is 5.26. The molecule has 0 aliphatic carbocycles. The number of hydrogen-bond acceptors (Lipinski definition) is 3. The van der Waals surface area contributed by atoms with Crippen molar-refractivity contribution < 1.29 is 4.74 Å². The van der Waals surface area contributed by atoms with Gasteiger partial charge in [-0.1, -0.05) is 36.4 Å². The number of ether oxygens (including phenoxy) is 1. The van der Waals surface area contributed by atoms with Crippen LogP contribution in [0.3, 0.4) is 0 Å². The first-order chi connectivity index (χ1) is 11.8. The number of rotatable bonds is 5. The summed E-state index contributed by atoms with van der Waals surface area (Å²) in [6, 6.07) is 28.2. The molecular weight excluding hydrogens is 296 g/mol. The van der Waals surface area contributed by atoms with E-state index < -0.39 is 0 Å². The lowest BCUT2D eigenvalue weighted by molar-refractivity contribution is 0.415. The molecule has 0 aromatic heterocycles. The Hall–Kier alpha value is -3.07. The molecule has 0 aliphatic heterocycles. The maximum absolute atomic E-state index is 5.22. The van der Waals surface area contributed by atoms with Gasteiger partial charge in [0.1, 0.15) is 5.75 Å². The topological polar surface area (TPSA) is 24.8 Å². The van der Waals surface area contributed by atoms with Gasteiger partial charge in [0.05, 0.1) is 24.2 Å². The van der Waals surface area contributed by atoms with Crippen molar-refractivity contribution in [1.82, 2.24) is 0 Å². The van der Waals surface area contributed by atoms with E-state index in [-0.39, 0.29) is 0 Å². The van der Waals surface area contributed by atoms with Gasteiger partial charge in [-0.25, -0.2) is 5.01 Å². The van der Waals surface area contributed by atoms with Crippen LogP contribution >= 0.6 is 0 Å². The standard InChI is InChI=1S/C21H20N2O/c1-17(18-13-15-21(24-2)16-14-18)22-23(19-9-5-3-6-10-19)20-11-7-4-8-12-20/h3-16H,1-2H3. The Morgan fingerprint density at radius 1 is 0.750 bits per heavy atom. The molecular formula is C21H20N2O. The van der Waals surface area contributed by atoms with E-state index in [1.165, 1.54) is 0 Å². The summed E-state index contributed by atoms with van der Waals surface area (Å²) in [4.78, 5) is 0. The van der Waals surface area contributed by atoms with Crippen LogP contribution in [-0.4, -0.2) is 12.8 Å². The number of nitrogens with zero attached hydrogens (tertiary/aromatic N) is 2. The third-order valence-electron chi connectivity index (χ3n) is 3.76. The largest absolute Gasteiger partial charge is 0.497 e. The molecule has 0 bridgehead atoms. The monoisotopic (exact) mass is 316 g/mol. The highest BCUT2D eigenvalue weighted by molar-refractivity contribution is 5.99. The van der Waals surface area contributed by atoms with Crippen molar-refractivity contribution in [3.05, 3.63) is 90.5 Å². The first kappa shape index (κ1) is 15.8. The van der Waals surface area contributed by atoms with E-state index in [4.69, 9.17) is 9.84 Å². The fourth-order valence-electron chi connectivity index (χ4n) is 2.44. The van der Waals surface area contributed by atoms with Crippen LogP contribution in [-0.2, 0) is 0 Å². The summed E-state index contributed by atoms with van der Waals surface area (Å²) in [6.07, 6.45) is 0. The molecule has 120 valence electrons. The summed E-state index contributed by atoms with van der Waals surface area (Å²) in [6.45, 7) is 2.01. The molecule has 0 fully saturated rings. The van der Waals surface area contributed by atoms with Gasteiger partial charge >= 0.3 is 0 Å². The van der Waals surface area contributed by atoms with E-state index in [1.54, 1.807) is 7.11 Å². The molecule has 3 heteroatoms. The molecule has 0 radical (unpaired) electrons. The van der Waals surface area contributed by atoms with E-state index >= 15 is 0 Å². The second-order valence-electron chi connectivity index (χ2n) is 5.40. The fraction of sp³-hybridized carbons (Fsp3) is 0.0952. The van der Waals surface area contributed by atoms with Gasteiger partial charge in [0.2, 0.25) is 0 Å². The second-order valence-corrected chi connectivity index (χ2v) is 5.40. The van der Waals surface area contributed by atoms with Crippen LogP contribution < -0.4 is 9.75 Å². The number of hydrazone groups is 1. The lowest BCUT2D eigenvalue weighted by atomic mass is 10.1. The zero-order valence-electron chi connectivity index (χ0n) is 13.9. The maximum atomic E-state index is 5.22. The quantitative estimate of drug-likeness (QED) is 0.474. The van der Waals surface area contributed by atoms with Crippen LogP contribution in [0.15, 0.2) is 90.0 Å². The predicted molar refractivity (Wildman–Crippen MR) is 100 cm³/mol. The molecule has 0 atom stereocenters. The van der Waals surface area contributed by atoms with Gasteiger partial charge in [-0.3, -0.25) is 0 Å². The van der Waals surface area contributed by atoms with Crippen LogP contribution in [0, 0.1) is 0 Å². The molecule has 24 heavy (non-hydrogen) atoms. The molecule has 0 saturated heterocycles. The number of hydrogen-bond donors (Lipinski definition) is 0. The average Bonchev–Trinajstić information content (AvgIpc) is 2.67. The Morgan fingerprint density at radius 2 is 1.25 bits per heavy atom. The van der Waals surface area contributed by atoms with Gasteiger partial charge in [-0.2, -0.15) is 5.10 Å². The van der Waals surface area contributed by atoms with Gasteiger partial charge in [0.25, 0.3) is 0 Å². The van der Waals surface area contributed by atoms with Crippen molar-refractivity contribution in [3.8, 4) is 5.75 Å². The Labute approximate surface area is 142 Å². The summed E-state index contributed by atoms with van der Waals surface area (Å²) >= 11 is 0. The van der Waals surface area contributed by atoms with Crippen LogP contribution in [0.2, 0.25) is 0 Å². The van der Waals surface area contributed by atoms with Gasteiger partial charge in [-0.15, -0.1) is 0 Å². The highest BCUT2D eigenvalue weighted by atomic mass is 16.5. The molecule has 0 amide bonds. The SMILES string of the molecule is COc1ccc(C(C)=NN(c2ccccc2)c2ccccc2)cc1. The minimum Gasteiger partial charge on any atom is -0.497 e. The van der Waals surface area contributed by atoms with Crippen molar-refractivity contribution in [1.29, 1.82) is 0 Å². The molecule has 0 heterocycles. The van der Waals surface area contributed by atoms with Crippen molar-refractivity contribution in [2.45, 2.75) is 6.92 Å². The minimum absolute atomic E-state index is 0.842. The molecule has 3 nitrogen and oxygen atoms in total. The van der Waals surface area contributed by atoms with E-state index in [2.05, 4.69) is 24.3 Å². The molecule has 0 saturated carbocycles. The van der Waals surface area contributed by atoms with Crippen molar-refractivity contribution in [2.75, 3.05) is 12.1 Å². The number of para-hydroxylation sites is 2. The summed E-state index contributed by atoms with van der Waals surface area (Å²) < 4.78 is 5.22. The summed E-state index contributed by atoms with van der Waals surface area (Å²) in [5, 5.41) is 6.81. The maximum Gasteiger partial charge on any atom is 0.118 e. The Kier molecular flexibility index (Phi) is 4.92. The van der Waals surface area contributed by atoms with E-state index in [9.17, 15) is 0 Å². The highest BCUT2D eigenvalue weighted by Crippen LogP contribution is 2.26. The molecule has 3 aromatic carbocycles. The Balaban J connectivity index is 1.99. The van der Waals surface area contributed by atoms with Crippen LogP contribution in [0.4, 0.5) is 11.4 Å². The smallest absolute Gasteiger partial charge is 0.118 e. The third-order valence-corrected chi connectivity index (χ3v) is 3.76. The van der Waals surface area contributed by atoms with Gasteiger partial charge in [-0.05, 0) is 61.0 Å². The van der Waals surface area contributed by atoms with Crippen LogP contribution in [0.25, 0.3) is 0 Å². The Bertz CT molecular complexity index is 757. The average molecular weight is 316 g/mol. The molecule has 3 rings (SSSR count). The summed E-state index contributed by atoms with van der Waals surface area (Å²) in [5.41, 5.74) is 4.05. The Morgan fingerprint density at radius 3 is 1.71 bits per heavy atom. The normalized spacial score (nSPS) is 11.2. The van der Waals surface area contributed by atoms with Crippen LogP contribution in [0.5, 0.6) is 5.75 Å². The lowest BCUT2D eigenvalue weighted by Crippen LogP contribution is -2.12. The first-order valence-electron chi connectivity index (χ1n) is 7.88. The number of anilines is 2. The van der Waals surface area contributed by atoms with Gasteiger partial charge in [0, 0.05) is 0 Å². The van der Waals surface area contributed by atoms with Gasteiger partial charge in [0.15, 0.2) is 0 Å². The zero-order chi connectivity index (χ0) is 16.8. The van der Waals surface area contributed by atoms with E-state index in [0.29, 0.717) is 0 Å². The third kappa shape index (κ3) is 3.63. The van der Waals surface area contributed by atoms with E-state index in [1.807, 2.05) is 72.6 Å². The molecule has 3 aromatic rings. The van der Waals surface area contributed by atoms with E-state index in [0.717, 1.165) is 28.4 Å². The highest BCUT2D eigenvalue weighted by Gasteiger charge is 2.09. The molecule has 0 N–H and O–H groups in total.